The molecule has 9 nitrogen and oxygen atoms in total. The van der Waals surface area contributed by atoms with Gasteiger partial charge < -0.3 is 31.2 Å². The highest BCUT2D eigenvalue weighted by Gasteiger charge is 2.61. The summed E-state index contributed by atoms with van der Waals surface area (Å²) in [6.45, 7) is 2.42. The van der Waals surface area contributed by atoms with Crippen LogP contribution in [0.3, 0.4) is 0 Å². The minimum Gasteiger partial charge on any atom is -0.493 e. The molecule has 6 N–H and O–H groups in total. The molecule has 40 heavy (non-hydrogen) atoms. The van der Waals surface area contributed by atoms with E-state index in [1.165, 1.54) is 13.0 Å². The first-order chi connectivity index (χ1) is 18.8. The summed E-state index contributed by atoms with van der Waals surface area (Å²) >= 11 is 0. The molecule has 218 valence electrons. The lowest BCUT2D eigenvalue weighted by Gasteiger charge is -2.32. The number of H-pyrrole nitrogens is 1. The number of benzene rings is 1. The third-order valence-corrected chi connectivity index (χ3v) is 7.59. The lowest BCUT2D eigenvalue weighted by molar-refractivity contribution is -0.266. The fraction of sp³-hybridized carbons (Fsp3) is 0.500. The zero-order valence-electron chi connectivity index (χ0n) is 22.2. The number of nitrogens with one attached hydrogen (secondary N) is 2. The van der Waals surface area contributed by atoms with Crippen LogP contribution < -0.4 is 21.5 Å². The van der Waals surface area contributed by atoms with Crippen molar-refractivity contribution in [3.63, 3.8) is 0 Å². The van der Waals surface area contributed by atoms with Gasteiger partial charge in [0.1, 0.15) is 11.3 Å². The highest BCUT2D eigenvalue weighted by atomic mass is 19.4. The number of imidazole rings is 1. The molecule has 2 fully saturated rings. The van der Waals surface area contributed by atoms with E-state index in [1.807, 2.05) is 0 Å². The number of aromatic amines is 1. The van der Waals surface area contributed by atoms with Crippen LogP contribution in [-0.2, 0) is 15.1 Å². The summed E-state index contributed by atoms with van der Waals surface area (Å²) in [5.41, 5.74) is 11.3. The predicted octanol–water partition coefficient (Wildman–Crippen LogP) is 4.24. The fourth-order valence-electron chi connectivity index (χ4n) is 4.73. The van der Waals surface area contributed by atoms with Crippen molar-refractivity contribution in [1.29, 1.82) is 0 Å². The van der Waals surface area contributed by atoms with Gasteiger partial charge in [-0.25, -0.2) is 14.4 Å². The molecule has 5 rings (SSSR count). The maximum atomic E-state index is 13.7. The van der Waals surface area contributed by atoms with E-state index >= 15 is 0 Å². The van der Waals surface area contributed by atoms with Crippen molar-refractivity contribution in [2.75, 3.05) is 25.6 Å². The van der Waals surface area contributed by atoms with E-state index in [0.29, 0.717) is 12.4 Å². The number of nitrogens with zero attached hydrogens (tertiary/aromatic N) is 2. The van der Waals surface area contributed by atoms with Gasteiger partial charge in [-0.3, -0.25) is 4.79 Å². The van der Waals surface area contributed by atoms with Crippen LogP contribution in [-0.4, -0.2) is 52.9 Å². The Hall–Kier alpha value is -3.36. The van der Waals surface area contributed by atoms with Gasteiger partial charge in [0, 0.05) is 36.4 Å². The van der Waals surface area contributed by atoms with E-state index in [2.05, 4.69) is 20.3 Å². The molecule has 3 heterocycles. The number of fused-ring (bicyclic) bond motifs is 1. The number of alkyl halides is 3. The second-order valence-electron chi connectivity index (χ2n) is 10.2. The first-order valence-corrected chi connectivity index (χ1v) is 12.6. The number of ether oxygens (including phenoxy) is 2. The number of carbonyl (C=O) groups is 1. The Morgan fingerprint density at radius 2 is 2.00 bits per heavy atom. The number of amides is 1. The van der Waals surface area contributed by atoms with Gasteiger partial charge in [0.15, 0.2) is 17.2 Å². The number of rotatable bonds is 6. The molecule has 14 heteroatoms. The average Bonchev–Trinajstić information content (AvgIpc) is 3.32. The van der Waals surface area contributed by atoms with E-state index in [-0.39, 0.29) is 30.2 Å². The van der Waals surface area contributed by atoms with Crippen LogP contribution in [0.5, 0.6) is 5.75 Å². The first-order valence-electron chi connectivity index (χ1n) is 12.6. The van der Waals surface area contributed by atoms with Crippen molar-refractivity contribution in [2.45, 2.75) is 56.3 Å². The number of hydrogen-bond acceptors (Lipinski definition) is 7. The van der Waals surface area contributed by atoms with Crippen LogP contribution in [0.4, 0.5) is 27.8 Å². The van der Waals surface area contributed by atoms with Gasteiger partial charge in [-0.2, -0.15) is 17.6 Å². The molecular weight excluding hydrogens is 539 g/mol. The predicted molar refractivity (Wildman–Crippen MR) is 137 cm³/mol. The zero-order valence-corrected chi connectivity index (χ0v) is 22.2. The second kappa shape index (κ2) is 10.9. The molecule has 2 aromatic heterocycles. The third kappa shape index (κ3) is 5.47. The molecule has 1 aromatic carbocycles. The van der Waals surface area contributed by atoms with Gasteiger partial charge in [-0.1, -0.05) is 13.0 Å². The van der Waals surface area contributed by atoms with Crippen molar-refractivity contribution in [2.24, 2.45) is 17.4 Å². The largest absolute Gasteiger partial charge is 0.493 e. The summed E-state index contributed by atoms with van der Waals surface area (Å²) in [5, 5.41) is 2.73. The van der Waals surface area contributed by atoms with Crippen molar-refractivity contribution < 1.29 is 36.2 Å². The molecule has 2 unspecified atom stereocenters. The Balaban J connectivity index is 0.000000186. The molecule has 1 aliphatic carbocycles. The van der Waals surface area contributed by atoms with Crippen molar-refractivity contribution >= 4 is 22.8 Å². The first kappa shape index (κ1) is 29.6. The molecule has 1 amide bonds. The Morgan fingerprint density at radius 1 is 1.30 bits per heavy atom. The normalized spacial score (nSPS) is 23.4. The number of hydrogen-bond donors (Lipinski definition) is 4. The average molecular weight is 571 g/mol. The number of carbonyl (C=O) groups excluding carboxylic acids is 1. The standard InChI is InChI=1S/C14H15F5O2.C12H16N6O/c1-7-9(6-21-13(7,2)14(17,18)19)8-4-5-10(15)11(16)12(8)20-3;13-4-1-9(19)17-8-5-7-10(16-6-15-7)11(18-8)12(14)2-3-12/h4-5,7,9H,6H2,1-3H3;5-6H,1-4,13-14H2,(H,15,16)(H,17,18,19)/t7?,9?,13-;/m1./s1. The SMILES string of the molecule is COc1c(C2CO[C@@](C)(C(F)(F)F)C2C)ccc(F)c1F.NCCC(=O)Nc1cc2[nH]cnc2c(C2(N)CC2)n1. The summed E-state index contributed by atoms with van der Waals surface area (Å²) in [7, 11) is 1.14. The maximum absolute atomic E-state index is 13.7. The zero-order chi connectivity index (χ0) is 29.5. The summed E-state index contributed by atoms with van der Waals surface area (Å²) in [6.07, 6.45) is -0.893. The van der Waals surface area contributed by atoms with Crippen molar-refractivity contribution in [1.82, 2.24) is 15.0 Å². The quantitative estimate of drug-likeness (QED) is 0.325. The van der Waals surface area contributed by atoms with E-state index in [1.54, 1.807) is 12.4 Å². The molecule has 1 aliphatic heterocycles. The van der Waals surface area contributed by atoms with E-state index < -0.39 is 40.8 Å². The van der Waals surface area contributed by atoms with Crippen LogP contribution in [0.25, 0.3) is 11.0 Å². The maximum Gasteiger partial charge on any atom is 0.417 e. The number of methoxy groups -OCH3 is 1. The smallest absolute Gasteiger partial charge is 0.417 e. The van der Waals surface area contributed by atoms with Gasteiger partial charge in [-0.05, 0) is 25.8 Å². The van der Waals surface area contributed by atoms with Gasteiger partial charge in [0.25, 0.3) is 0 Å². The topological polar surface area (TPSA) is 141 Å². The molecule has 1 saturated heterocycles. The van der Waals surface area contributed by atoms with Crippen molar-refractivity contribution in [3.05, 3.63) is 47.4 Å². The lowest BCUT2D eigenvalue weighted by Crippen LogP contribution is -2.46. The van der Waals surface area contributed by atoms with Gasteiger partial charge in [-0.15, -0.1) is 0 Å². The Kier molecular flexibility index (Phi) is 8.07. The summed E-state index contributed by atoms with van der Waals surface area (Å²) in [5.74, 6) is -4.05. The summed E-state index contributed by atoms with van der Waals surface area (Å²) in [6, 6.07) is 3.87. The molecule has 0 bridgehead atoms. The molecular formula is C26H31F5N6O3. The molecule has 0 radical (unpaired) electrons. The fourth-order valence-corrected chi connectivity index (χ4v) is 4.73. The summed E-state index contributed by atoms with van der Waals surface area (Å²) in [4.78, 5) is 23.3. The van der Waals surface area contributed by atoms with Gasteiger partial charge in [0.05, 0.1) is 36.8 Å². The number of halogens is 5. The Morgan fingerprint density at radius 3 is 2.58 bits per heavy atom. The van der Waals surface area contributed by atoms with Gasteiger partial charge in [0.2, 0.25) is 11.7 Å². The minimum atomic E-state index is -4.55. The van der Waals surface area contributed by atoms with Crippen LogP contribution in [0.2, 0.25) is 0 Å². The van der Waals surface area contributed by atoms with Gasteiger partial charge >= 0.3 is 6.18 Å². The molecule has 0 spiro atoms. The van der Waals surface area contributed by atoms with Crippen LogP contribution in [0.15, 0.2) is 24.5 Å². The summed E-state index contributed by atoms with van der Waals surface area (Å²) < 4.78 is 76.0. The Labute approximate surface area is 226 Å². The van der Waals surface area contributed by atoms with Crippen LogP contribution >= 0.6 is 0 Å². The molecule has 3 aromatic rings. The molecule has 2 aliphatic rings. The third-order valence-electron chi connectivity index (χ3n) is 7.59. The second-order valence-corrected chi connectivity index (χ2v) is 10.2. The van der Waals surface area contributed by atoms with Crippen molar-refractivity contribution in [3.8, 4) is 5.75 Å². The van der Waals surface area contributed by atoms with Crippen LogP contribution in [0, 0.1) is 17.6 Å². The number of nitrogens with two attached hydrogens (primary N) is 2. The lowest BCUT2D eigenvalue weighted by atomic mass is 9.79. The van der Waals surface area contributed by atoms with E-state index in [0.717, 1.165) is 49.7 Å². The molecule has 1 saturated carbocycles. The van der Waals surface area contributed by atoms with E-state index in [4.69, 9.17) is 20.9 Å². The highest BCUT2D eigenvalue weighted by molar-refractivity contribution is 5.92. The number of anilines is 1. The highest BCUT2D eigenvalue weighted by Crippen LogP contribution is 2.51. The Bertz CT molecular complexity index is 1390. The minimum absolute atomic E-state index is 0.151. The van der Waals surface area contributed by atoms with E-state index in [9.17, 15) is 26.7 Å². The number of aromatic nitrogens is 3. The monoisotopic (exact) mass is 570 g/mol. The number of pyridine rings is 1. The van der Waals surface area contributed by atoms with Crippen LogP contribution in [0.1, 0.15) is 50.3 Å². The molecule has 3 atom stereocenters.